The molecule has 0 saturated heterocycles. The van der Waals surface area contributed by atoms with Gasteiger partial charge in [0.2, 0.25) is 10.0 Å². The SMILES string of the molecule is COc1ccc(CN(c2nn(C)c3c(-n4c(C(Cc5cc(F)cc(F)c5)NC(=O)O)nc5ccc(OC(F)(F)F)cc5c4=O)ccc(Cl)c23)S(C)(=O)=O)cc1. The predicted octanol–water partition coefficient (Wildman–Crippen LogP) is 6.63. The average Bonchev–Trinajstić information content (AvgIpc) is 3.43. The third-order valence-electron chi connectivity index (χ3n) is 8.33. The Labute approximate surface area is 313 Å². The molecule has 55 heavy (non-hydrogen) atoms. The zero-order valence-electron chi connectivity index (χ0n) is 28.7. The van der Waals surface area contributed by atoms with Gasteiger partial charge in [0.15, 0.2) is 5.82 Å². The number of carbonyl (C=O) groups is 1. The Hall–Kier alpha value is -5.95. The van der Waals surface area contributed by atoms with Gasteiger partial charge in [0.1, 0.15) is 29.0 Å². The van der Waals surface area contributed by atoms with E-state index in [1.807, 2.05) is 0 Å². The molecule has 13 nitrogen and oxygen atoms in total. The second-order valence-corrected chi connectivity index (χ2v) is 14.5. The van der Waals surface area contributed by atoms with Crippen LogP contribution in [0.5, 0.6) is 11.5 Å². The summed E-state index contributed by atoms with van der Waals surface area (Å²) in [4.78, 5) is 31.2. The fourth-order valence-electron chi connectivity index (χ4n) is 6.10. The summed E-state index contributed by atoms with van der Waals surface area (Å²) in [5, 5.41) is 16.1. The van der Waals surface area contributed by atoms with Crippen LogP contribution >= 0.6 is 11.6 Å². The summed E-state index contributed by atoms with van der Waals surface area (Å²) in [5.41, 5.74) is -0.825. The summed E-state index contributed by atoms with van der Waals surface area (Å²) in [6.07, 6.45) is -6.27. The number of methoxy groups -OCH3 is 1. The van der Waals surface area contributed by atoms with Crippen molar-refractivity contribution in [1.82, 2.24) is 24.6 Å². The van der Waals surface area contributed by atoms with Crippen molar-refractivity contribution in [2.24, 2.45) is 7.05 Å². The Morgan fingerprint density at radius 1 is 1.00 bits per heavy atom. The molecule has 4 aromatic carbocycles. The average molecular weight is 807 g/mol. The Kier molecular flexibility index (Phi) is 10.4. The molecule has 0 fully saturated rings. The molecule has 0 aliphatic heterocycles. The molecule has 0 aliphatic carbocycles. The molecule has 288 valence electrons. The summed E-state index contributed by atoms with van der Waals surface area (Å²) >= 11 is 6.72. The smallest absolute Gasteiger partial charge is 0.497 e. The van der Waals surface area contributed by atoms with Crippen molar-refractivity contribution in [3.8, 4) is 17.2 Å². The number of aromatic nitrogens is 4. The van der Waals surface area contributed by atoms with Crippen molar-refractivity contribution < 1.29 is 49.7 Å². The summed E-state index contributed by atoms with van der Waals surface area (Å²) in [7, 11) is -1.21. The number of carboxylic acid groups (broad SMARTS) is 1. The van der Waals surface area contributed by atoms with Crippen molar-refractivity contribution in [2.45, 2.75) is 25.4 Å². The van der Waals surface area contributed by atoms with Crippen molar-refractivity contribution in [3.63, 3.8) is 0 Å². The van der Waals surface area contributed by atoms with Crippen molar-refractivity contribution in [2.75, 3.05) is 17.7 Å². The number of nitrogens with zero attached hydrogens (tertiary/aromatic N) is 5. The lowest BCUT2D eigenvalue weighted by Crippen LogP contribution is -2.35. The van der Waals surface area contributed by atoms with Gasteiger partial charge in [-0.2, -0.15) is 5.10 Å². The molecule has 0 radical (unpaired) electrons. The van der Waals surface area contributed by atoms with E-state index in [1.54, 1.807) is 24.3 Å². The van der Waals surface area contributed by atoms with Crippen molar-refractivity contribution in [1.29, 1.82) is 0 Å². The van der Waals surface area contributed by atoms with Crippen molar-refractivity contribution >= 4 is 55.3 Å². The van der Waals surface area contributed by atoms with Gasteiger partial charge in [-0.15, -0.1) is 13.2 Å². The molecular weight excluding hydrogens is 779 g/mol. The first-order valence-electron chi connectivity index (χ1n) is 15.9. The van der Waals surface area contributed by atoms with Gasteiger partial charge in [-0.1, -0.05) is 23.7 Å². The van der Waals surface area contributed by atoms with E-state index < -0.39 is 63.3 Å². The van der Waals surface area contributed by atoms with E-state index in [0.717, 1.165) is 45.5 Å². The van der Waals surface area contributed by atoms with Gasteiger partial charge in [-0.3, -0.25) is 14.0 Å². The molecule has 2 heterocycles. The van der Waals surface area contributed by atoms with Crippen LogP contribution in [0.3, 0.4) is 0 Å². The summed E-state index contributed by atoms with van der Waals surface area (Å²) in [6.45, 7) is -0.227. The normalized spacial score (nSPS) is 12.5. The quantitative estimate of drug-likeness (QED) is 0.137. The van der Waals surface area contributed by atoms with Gasteiger partial charge in [0.25, 0.3) is 5.56 Å². The number of ether oxygens (including phenoxy) is 2. The highest BCUT2D eigenvalue weighted by molar-refractivity contribution is 7.92. The fourth-order valence-corrected chi connectivity index (χ4v) is 7.17. The molecule has 0 spiro atoms. The van der Waals surface area contributed by atoms with Gasteiger partial charge in [0.05, 0.1) is 58.5 Å². The number of benzene rings is 4. The molecule has 2 N–H and O–H groups in total. The number of aryl methyl sites for hydroxylation is 1. The van der Waals surface area contributed by atoms with E-state index in [1.165, 1.54) is 31.0 Å². The molecule has 6 rings (SSSR count). The highest BCUT2D eigenvalue weighted by Crippen LogP contribution is 2.38. The number of fused-ring (bicyclic) bond motifs is 2. The minimum Gasteiger partial charge on any atom is -0.497 e. The zero-order chi connectivity index (χ0) is 40.0. The van der Waals surface area contributed by atoms with Gasteiger partial charge in [0, 0.05) is 19.5 Å². The maximum Gasteiger partial charge on any atom is 0.573 e. The number of sulfonamides is 1. The number of hydrogen-bond donors (Lipinski definition) is 2. The Morgan fingerprint density at radius 3 is 2.25 bits per heavy atom. The maximum absolute atomic E-state index is 14.6. The number of halogens is 6. The molecule has 0 bridgehead atoms. The maximum atomic E-state index is 14.6. The van der Waals surface area contributed by atoms with Crippen LogP contribution in [0.1, 0.15) is 23.0 Å². The van der Waals surface area contributed by atoms with E-state index in [2.05, 4.69) is 20.1 Å². The third-order valence-corrected chi connectivity index (χ3v) is 9.75. The Bertz CT molecular complexity index is 2620. The number of alkyl halides is 3. The zero-order valence-corrected chi connectivity index (χ0v) is 30.3. The van der Waals surface area contributed by atoms with Crippen molar-refractivity contribution in [3.05, 3.63) is 117 Å². The van der Waals surface area contributed by atoms with Crippen LogP contribution in [-0.2, 0) is 30.0 Å². The van der Waals surface area contributed by atoms with Crippen LogP contribution in [0.15, 0.2) is 77.6 Å². The summed E-state index contributed by atoms with van der Waals surface area (Å²) in [6, 6.07) is 12.9. The lowest BCUT2D eigenvalue weighted by molar-refractivity contribution is -0.274. The second-order valence-electron chi connectivity index (χ2n) is 12.2. The molecule has 0 aliphatic rings. The standard InChI is InChI=1S/C35H28ClF5N6O7S/c1-45-30-28(11-9-25(36)29(30)32(44-45)46(55(3,51)52)17-18-4-6-22(53-2)7-5-18)47-31(27(43-34(49)50)14-19-12-20(37)15-21(38)13-19)42-26-10-8-23(54-35(39,40)41)16-24(26)33(47)48/h4-13,15-16,27,43H,14,17H2,1-3H3,(H,49,50). The Morgan fingerprint density at radius 2 is 1.65 bits per heavy atom. The first-order valence-corrected chi connectivity index (χ1v) is 18.1. The molecular formula is C35H28ClF5N6O7S. The number of hydrogen-bond acceptors (Lipinski definition) is 8. The topological polar surface area (TPSA) is 158 Å². The minimum atomic E-state index is -5.12. The molecule has 20 heteroatoms. The summed E-state index contributed by atoms with van der Waals surface area (Å²) < 4.78 is 107. The van der Waals surface area contributed by atoms with E-state index in [0.29, 0.717) is 17.4 Å². The summed E-state index contributed by atoms with van der Waals surface area (Å²) in [5.74, 6) is -2.72. The van der Waals surface area contributed by atoms with Crippen LogP contribution in [0.25, 0.3) is 27.5 Å². The lowest BCUT2D eigenvalue weighted by atomic mass is 10.0. The van der Waals surface area contributed by atoms with Crippen LogP contribution in [0.4, 0.5) is 32.6 Å². The van der Waals surface area contributed by atoms with Gasteiger partial charge in [-0.25, -0.2) is 31.3 Å². The minimum absolute atomic E-state index is 0.0163. The highest BCUT2D eigenvalue weighted by Gasteiger charge is 2.33. The number of amides is 1. The van der Waals surface area contributed by atoms with E-state index >= 15 is 0 Å². The molecule has 1 atom stereocenters. The van der Waals surface area contributed by atoms with E-state index in [-0.39, 0.29) is 50.9 Å². The lowest BCUT2D eigenvalue weighted by Gasteiger charge is -2.23. The number of anilines is 1. The van der Waals surface area contributed by atoms with E-state index in [4.69, 9.17) is 16.3 Å². The van der Waals surface area contributed by atoms with Gasteiger partial charge >= 0.3 is 12.5 Å². The second kappa shape index (κ2) is 14.7. The number of rotatable bonds is 11. The van der Waals surface area contributed by atoms with E-state index in [9.17, 15) is 45.1 Å². The first-order chi connectivity index (χ1) is 25.8. The third kappa shape index (κ3) is 8.26. The predicted molar refractivity (Wildman–Crippen MR) is 191 cm³/mol. The monoisotopic (exact) mass is 806 g/mol. The van der Waals surface area contributed by atoms with Crippen LogP contribution in [-0.4, -0.2) is 58.7 Å². The molecule has 0 saturated carbocycles. The fraction of sp³-hybridized carbons (Fsp3) is 0.200. The van der Waals surface area contributed by atoms with Gasteiger partial charge < -0.3 is 19.9 Å². The molecule has 1 amide bonds. The molecule has 6 aromatic rings. The number of nitrogens with one attached hydrogen (secondary N) is 1. The Balaban J connectivity index is 1.65. The highest BCUT2D eigenvalue weighted by atomic mass is 35.5. The van der Waals surface area contributed by atoms with Crippen LogP contribution in [0, 0.1) is 11.6 Å². The van der Waals surface area contributed by atoms with Crippen LogP contribution < -0.4 is 24.7 Å². The molecule has 1 unspecified atom stereocenters. The first kappa shape index (κ1) is 38.8. The van der Waals surface area contributed by atoms with Gasteiger partial charge in [-0.05, 0) is 65.7 Å². The molecule has 2 aromatic heterocycles. The largest absolute Gasteiger partial charge is 0.573 e. The van der Waals surface area contributed by atoms with Crippen LogP contribution in [0.2, 0.25) is 5.02 Å².